The van der Waals surface area contributed by atoms with Crippen molar-refractivity contribution in [1.29, 1.82) is 0 Å². The molecule has 2 heterocycles. The van der Waals surface area contributed by atoms with E-state index in [1.807, 2.05) is 11.0 Å². The minimum atomic E-state index is -0.185. The highest BCUT2D eigenvalue weighted by molar-refractivity contribution is 5.98. The number of aromatic hydroxyl groups is 1. The topological polar surface area (TPSA) is 65.8 Å². The van der Waals surface area contributed by atoms with E-state index in [1.54, 1.807) is 23.1 Å². The Balaban J connectivity index is 1.43. The third-order valence-corrected chi connectivity index (χ3v) is 6.64. The summed E-state index contributed by atoms with van der Waals surface area (Å²) in [4.78, 5) is 29.5. The average molecular weight is 410 g/mol. The zero-order valence-corrected chi connectivity index (χ0v) is 17.9. The molecule has 2 fully saturated rings. The van der Waals surface area contributed by atoms with Gasteiger partial charge < -0.3 is 19.5 Å². The zero-order chi connectivity index (χ0) is 21.3. The average Bonchev–Trinajstić information content (AvgIpc) is 3.07. The van der Waals surface area contributed by atoms with Crippen LogP contribution in [0.25, 0.3) is 0 Å². The molecule has 160 valence electrons. The van der Waals surface area contributed by atoms with Gasteiger partial charge in [0.1, 0.15) is 5.75 Å². The first kappa shape index (κ1) is 20.5. The van der Waals surface area contributed by atoms with Gasteiger partial charge in [-0.15, -0.1) is 0 Å². The number of hydrogen-bond donors (Lipinski definition) is 1. The first-order chi connectivity index (χ1) is 14.5. The quantitative estimate of drug-likeness (QED) is 0.836. The van der Waals surface area contributed by atoms with Gasteiger partial charge in [-0.2, -0.15) is 0 Å². The van der Waals surface area contributed by atoms with Gasteiger partial charge in [-0.1, -0.05) is 31.4 Å². The lowest BCUT2D eigenvalue weighted by atomic mass is 9.95. The number of aromatic nitrogens is 1. The smallest absolute Gasteiger partial charge is 0.257 e. The maximum atomic E-state index is 13.2. The number of aryl methyl sites for hydroxylation is 1. The van der Waals surface area contributed by atoms with Crippen LogP contribution >= 0.6 is 0 Å². The second-order valence-electron chi connectivity index (χ2n) is 8.55. The lowest BCUT2D eigenvalue weighted by Crippen LogP contribution is -2.50. The van der Waals surface area contributed by atoms with Crippen molar-refractivity contribution in [2.45, 2.75) is 52.0 Å². The van der Waals surface area contributed by atoms with E-state index in [-0.39, 0.29) is 17.6 Å². The number of hydrogen-bond acceptors (Lipinski definition) is 3. The van der Waals surface area contributed by atoms with Crippen molar-refractivity contribution in [1.82, 2.24) is 14.4 Å². The third-order valence-electron chi connectivity index (χ3n) is 6.64. The molecule has 0 bridgehead atoms. The molecule has 2 aliphatic rings. The Morgan fingerprint density at radius 3 is 2.03 bits per heavy atom. The van der Waals surface area contributed by atoms with E-state index in [9.17, 15) is 14.7 Å². The number of amides is 2. The minimum Gasteiger partial charge on any atom is -0.507 e. The van der Waals surface area contributed by atoms with Crippen molar-refractivity contribution in [3.63, 3.8) is 0 Å². The largest absolute Gasteiger partial charge is 0.507 e. The van der Waals surface area contributed by atoms with Gasteiger partial charge >= 0.3 is 0 Å². The molecule has 0 radical (unpaired) electrons. The third kappa shape index (κ3) is 3.83. The molecule has 0 spiro atoms. The number of piperazine rings is 1. The Bertz CT molecular complexity index is 935. The summed E-state index contributed by atoms with van der Waals surface area (Å²) >= 11 is 0. The van der Waals surface area contributed by atoms with Gasteiger partial charge in [0.25, 0.3) is 11.8 Å². The fourth-order valence-corrected chi connectivity index (χ4v) is 5.00. The molecular formula is C24H31N3O3. The number of para-hydroxylation sites is 1. The summed E-state index contributed by atoms with van der Waals surface area (Å²) in [6.45, 7) is 6.12. The fourth-order valence-electron chi connectivity index (χ4n) is 5.00. The van der Waals surface area contributed by atoms with Gasteiger partial charge in [0.15, 0.2) is 0 Å². The molecule has 1 aromatic heterocycles. The predicted octanol–water partition coefficient (Wildman–Crippen LogP) is 3.91. The number of phenolic OH excluding ortho intramolecular Hbond substituents is 1. The van der Waals surface area contributed by atoms with Gasteiger partial charge in [-0.25, -0.2) is 0 Å². The number of nitrogens with zero attached hydrogens (tertiary/aromatic N) is 3. The molecule has 6 heteroatoms. The molecule has 2 amide bonds. The van der Waals surface area contributed by atoms with Crippen molar-refractivity contribution < 1.29 is 14.7 Å². The monoisotopic (exact) mass is 409 g/mol. The van der Waals surface area contributed by atoms with Crippen LogP contribution in [0.5, 0.6) is 5.75 Å². The van der Waals surface area contributed by atoms with E-state index in [0.717, 1.165) is 17.0 Å². The van der Waals surface area contributed by atoms with E-state index in [1.165, 1.54) is 38.2 Å². The SMILES string of the molecule is Cc1cc(C(=O)N2CCN(C(=O)c3ccccc3O)CC2)c(C)n1C1CCCCC1. The summed E-state index contributed by atoms with van der Waals surface area (Å²) in [5, 5.41) is 9.95. The highest BCUT2D eigenvalue weighted by atomic mass is 16.3. The first-order valence-corrected chi connectivity index (χ1v) is 11.0. The Labute approximate surface area is 178 Å². The molecular weight excluding hydrogens is 378 g/mol. The van der Waals surface area contributed by atoms with Crippen molar-refractivity contribution in [2.75, 3.05) is 26.2 Å². The van der Waals surface area contributed by atoms with Crippen LogP contribution < -0.4 is 0 Å². The highest BCUT2D eigenvalue weighted by Gasteiger charge is 2.29. The van der Waals surface area contributed by atoms with Gasteiger partial charge in [-0.3, -0.25) is 9.59 Å². The molecule has 6 nitrogen and oxygen atoms in total. The molecule has 0 atom stereocenters. The van der Waals surface area contributed by atoms with Gasteiger partial charge in [-0.05, 0) is 44.9 Å². The zero-order valence-electron chi connectivity index (χ0n) is 17.9. The molecule has 1 N–H and O–H groups in total. The molecule has 30 heavy (non-hydrogen) atoms. The maximum Gasteiger partial charge on any atom is 0.257 e. The molecule has 1 saturated heterocycles. The van der Waals surface area contributed by atoms with Crippen molar-refractivity contribution in [3.05, 3.63) is 52.8 Å². The Kier molecular flexibility index (Phi) is 5.84. The lowest BCUT2D eigenvalue weighted by Gasteiger charge is -2.35. The number of benzene rings is 1. The number of rotatable bonds is 3. The van der Waals surface area contributed by atoms with Crippen LogP contribution in [0.15, 0.2) is 30.3 Å². The van der Waals surface area contributed by atoms with E-state index in [0.29, 0.717) is 37.8 Å². The van der Waals surface area contributed by atoms with E-state index < -0.39 is 0 Å². The van der Waals surface area contributed by atoms with Gasteiger partial charge in [0.2, 0.25) is 0 Å². The Morgan fingerprint density at radius 1 is 0.867 bits per heavy atom. The highest BCUT2D eigenvalue weighted by Crippen LogP contribution is 2.32. The van der Waals surface area contributed by atoms with E-state index >= 15 is 0 Å². The van der Waals surface area contributed by atoms with Gasteiger partial charge in [0, 0.05) is 43.6 Å². The summed E-state index contributed by atoms with van der Waals surface area (Å²) in [7, 11) is 0. The second kappa shape index (κ2) is 8.54. The predicted molar refractivity (Wildman–Crippen MR) is 116 cm³/mol. The van der Waals surface area contributed by atoms with Crippen molar-refractivity contribution >= 4 is 11.8 Å². The molecule has 1 saturated carbocycles. The van der Waals surface area contributed by atoms with E-state index in [2.05, 4.69) is 18.4 Å². The van der Waals surface area contributed by atoms with Crippen molar-refractivity contribution in [3.8, 4) is 5.75 Å². The second-order valence-corrected chi connectivity index (χ2v) is 8.55. The molecule has 2 aromatic rings. The number of carbonyl (C=O) groups excluding carboxylic acids is 2. The van der Waals surface area contributed by atoms with Crippen LogP contribution in [-0.4, -0.2) is 57.5 Å². The molecule has 4 rings (SSSR count). The summed E-state index contributed by atoms with van der Waals surface area (Å²) in [6, 6.07) is 9.14. The first-order valence-electron chi connectivity index (χ1n) is 11.0. The minimum absolute atomic E-state index is 0.00356. The van der Waals surface area contributed by atoms with Crippen LogP contribution in [0.1, 0.15) is 70.2 Å². The van der Waals surface area contributed by atoms with Crippen LogP contribution in [0.2, 0.25) is 0 Å². The molecule has 1 aliphatic carbocycles. The number of phenols is 1. The summed E-state index contributed by atoms with van der Waals surface area (Å²) < 4.78 is 2.37. The fraction of sp³-hybridized carbons (Fsp3) is 0.500. The van der Waals surface area contributed by atoms with E-state index in [4.69, 9.17) is 0 Å². The maximum absolute atomic E-state index is 13.2. The van der Waals surface area contributed by atoms with Gasteiger partial charge in [0.05, 0.1) is 11.1 Å². The Hall–Kier alpha value is -2.76. The summed E-state index contributed by atoms with van der Waals surface area (Å²) in [5.41, 5.74) is 3.33. The van der Waals surface area contributed by atoms with Crippen LogP contribution in [0.3, 0.4) is 0 Å². The molecule has 1 aliphatic heterocycles. The van der Waals surface area contributed by atoms with Crippen LogP contribution in [0, 0.1) is 13.8 Å². The normalized spacial score (nSPS) is 17.9. The molecule has 0 unspecified atom stereocenters. The van der Waals surface area contributed by atoms with Crippen molar-refractivity contribution in [2.24, 2.45) is 0 Å². The Morgan fingerprint density at radius 2 is 1.43 bits per heavy atom. The standard InChI is InChI=1S/C24H31N3O3/c1-17-16-21(18(2)27(17)19-8-4-3-5-9-19)24(30)26-14-12-25(13-15-26)23(29)20-10-6-7-11-22(20)28/h6-7,10-11,16,19,28H,3-5,8-9,12-15H2,1-2H3. The van der Waals surface area contributed by atoms with Crippen LogP contribution in [-0.2, 0) is 0 Å². The lowest BCUT2D eigenvalue weighted by molar-refractivity contribution is 0.0533. The summed E-state index contributed by atoms with van der Waals surface area (Å²) in [6.07, 6.45) is 6.22. The summed E-state index contributed by atoms with van der Waals surface area (Å²) in [5.74, 6) is -0.133. The van der Waals surface area contributed by atoms with Crippen LogP contribution in [0.4, 0.5) is 0 Å². The number of carbonyl (C=O) groups is 2. The molecule has 1 aromatic carbocycles.